The third kappa shape index (κ3) is 2.97. The highest BCUT2D eigenvalue weighted by Crippen LogP contribution is 2.35. The van der Waals surface area contributed by atoms with Crippen LogP contribution in [0.2, 0.25) is 10.2 Å². The minimum Gasteiger partial charge on any atom is -0.226 e. The number of benzene rings is 1. The van der Waals surface area contributed by atoms with Crippen LogP contribution in [0, 0.1) is 6.92 Å². The molecular weight excluding hydrogens is 287 g/mol. The number of halogens is 2. The normalized spacial score (nSPS) is 10.7. The quantitative estimate of drug-likeness (QED) is 0.761. The third-order valence-corrected chi connectivity index (χ3v) is 4.42. The van der Waals surface area contributed by atoms with Gasteiger partial charge in [-0.15, -0.1) is 0 Å². The highest BCUT2D eigenvalue weighted by atomic mass is 35.5. The number of hydrogen-bond donors (Lipinski definition) is 0. The zero-order valence-electron chi connectivity index (χ0n) is 10.1. The number of rotatable bonds is 3. The zero-order valence-corrected chi connectivity index (χ0v) is 12.4. The average molecular weight is 299 g/mol. The first-order valence-electron chi connectivity index (χ1n) is 5.57. The second-order valence-corrected chi connectivity index (χ2v) is 5.54. The molecule has 0 saturated heterocycles. The summed E-state index contributed by atoms with van der Waals surface area (Å²) in [4.78, 5) is 9.69. The van der Waals surface area contributed by atoms with E-state index in [-0.39, 0.29) is 0 Å². The van der Waals surface area contributed by atoms with E-state index in [1.807, 2.05) is 38.1 Å². The van der Waals surface area contributed by atoms with Gasteiger partial charge in [0.05, 0.1) is 5.02 Å². The molecule has 2 nitrogen and oxygen atoms in total. The molecule has 0 bridgehead atoms. The number of aromatic nitrogens is 2. The van der Waals surface area contributed by atoms with Gasteiger partial charge in [0, 0.05) is 16.9 Å². The molecule has 0 spiro atoms. The first-order valence-corrected chi connectivity index (χ1v) is 7.14. The monoisotopic (exact) mass is 298 g/mol. The maximum absolute atomic E-state index is 6.14. The van der Waals surface area contributed by atoms with Crippen molar-refractivity contribution >= 4 is 35.0 Å². The Morgan fingerprint density at radius 3 is 2.56 bits per heavy atom. The molecule has 0 amide bonds. The van der Waals surface area contributed by atoms with E-state index in [2.05, 4.69) is 9.97 Å². The number of aryl methyl sites for hydroxylation is 1. The summed E-state index contributed by atoms with van der Waals surface area (Å²) < 4.78 is 0. The zero-order chi connectivity index (χ0) is 13.1. The topological polar surface area (TPSA) is 25.8 Å². The minimum absolute atomic E-state index is 0.511. The van der Waals surface area contributed by atoms with Crippen LogP contribution < -0.4 is 0 Å². The van der Waals surface area contributed by atoms with Crippen molar-refractivity contribution in [2.24, 2.45) is 0 Å². The molecule has 0 atom stereocenters. The van der Waals surface area contributed by atoms with Gasteiger partial charge >= 0.3 is 0 Å². The Hall–Kier alpha value is -0.770. The van der Waals surface area contributed by atoms with Crippen molar-refractivity contribution < 1.29 is 0 Å². The molecule has 2 aromatic rings. The van der Waals surface area contributed by atoms with Gasteiger partial charge in [-0.1, -0.05) is 54.0 Å². The highest BCUT2D eigenvalue weighted by Gasteiger charge is 2.11. The summed E-state index contributed by atoms with van der Waals surface area (Å²) in [6, 6.07) is 7.69. The van der Waals surface area contributed by atoms with Gasteiger partial charge in [0.25, 0.3) is 0 Å². The molecule has 0 radical (unpaired) electrons. The fraction of sp³-hybridized carbons (Fsp3) is 0.231. The van der Waals surface area contributed by atoms with Crippen LogP contribution in [-0.2, 0) is 6.42 Å². The lowest BCUT2D eigenvalue weighted by molar-refractivity contribution is 0.872. The average Bonchev–Trinajstić information content (AvgIpc) is 2.37. The van der Waals surface area contributed by atoms with E-state index >= 15 is 0 Å². The van der Waals surface area contributed by atoms with E-state index in [0.29, 0.717) is 5.15 Å². The van der Waals surface area contributed by atoms with Crippen LogP contribution in [0.3, 0.4) is 0 Å². The molecule has 18 heavy (non-hydrogen) atoms. The van der Waals surface area contributed by atoms with E-state index in [4.69, 9.17) is 23.2 Å². The standard InChI is InChI=1S/C13H12Cl2N2S/c1-3-11-16-12(15)8(2)13(17-11)18-10-7-5-4-6-9(10)14/h4-7H,3H2,1-2H3. The van der Waals surface area contributed by atoms with Crippen molar-refractivity contribution in [3.63, 3.8) is 0 Å². The van der Waals surface area contributed by atoms with Crippen LogP contribution in [0.4, 0.5) is 0 Å². The molecule has 0 aliphatic heterocycles. The molecule has 1 aromatic carbocycles. The van der Waals surface area contributed by atoms with Crippen molar-refractivity contribution in [3.8, 4) is 0 Å². The summed E-state index contributed by atoms with van der Waals surface area (Å²) in [5.41, 5.74) is 0.888. The largest absolute Gasteiger partial charge is 0.226 e. The Labute approximate surface area is 121 Å². The molecule has 0 aliphatic carbocycles. The van der Waals surface area contributed by atoms with Gasteiger partial charge < -0.3 is 0 Å². The summed E-state index contributed by atoms with van der Waals surface area (Å²) in [6.07, 6.45) is 0.760. The molecule has 0 aliphatic rings. The van der Waals surface area contributed by atoms with E-state index < -0.39 is 0 Å². The molecular formula is C13H12Cl2N2S. The summed E-state index contributed by atoms with van der Waals surface area (Å²) in [7, 11) is 0. The molecule has 0 unspecified atom stereocenters. The molecule has 5 heteroatoms. The first kappa shape index (κ1) is 13.7. The molecule has 0 N–H and O–H groups in total. The number of hydrogen-bond acceptors (Lipinski definition) is 3. The Balaban J connectivity index is 2.40. The van der Waals surface area contributed by atoms with Crippen LogP contribution >= 0.6 is 35.0 Å². The lowest BCUT2D eigenvalue weighted by atomic mass is 10.3. The summed E-state index contributed by atoms with van der Waals surface area (Å²) in [6.45, 7) is 3.92. The Kier molecular flexibility index (Phi) is 4.49. The van der Waals surface area contributed by atoms with Crippen molar-refractivity contribution in [1.29, 1.82) is 0 Å². The minimum atomic E-state index is 0.511. The van der Waals surface area contributed by atoms with Gasteiger partial charge in [-0.2, -0.15) is 0 Å². The molecule has 0 saturated carbocycles. The van der Waals surface area contributed by atoms with E-state index in [1.165, 1.54) is 11.8 Å². The highest BCUT2D eigenvalue weighted by molar-refractivity contribution is 7.99. The van der Waals surface area contributed by atoms with E-state index in [0.717, 1.165) is 32.8 Å². The van der Waals surface area contributed by atoms with E-state index in [9.17, 15) is 0 Å². The Morgan fingerprint density at radius 1 is 1.17 bits per heavy atom. The van der Waals surface area contributed by atoms with Gasteiger partial charge in [0.15, 0.2) is 0 Å². The van der Waals surface area contributed by atoms with Gasteiger partial charge in [-0.05, 0) is 19.1 Å². The lowest BCUT2D eigenvalue weighted by Crippen LogP contribution is -1.98. The second kappa shape index (κ2) is 5.91. The van der Waals surface area contributed by atoms with E-state index in [1.54, 1.807) is 0 Å². The molecule has 1 aromatic heterocycles. The Morgan fingerprint density at radius 2 is 1.89 bits per heavy atom. The summed E-state index contributed by atoms with van der Waals surface area (Å²) in [5, 5.41) is 2.09. The maximum Gasteiger partial charge on any atom is 0.136 e. The Bertz CT molecular complexity index is 573. The fourth-order valence-electron chi connectivity index (χ4n) is 1.40. The second-order valence-electron chi connectivity index (χ2n) is 3.75. The fourth-order valence-corrected chi connectivity index (χ4v) is 2.82. The molecule has 0 fully saturated rings. The van der Waals surface area contributed by atoms with Crippen LogP contribution in [0.5, 0.6) is 0 Å². The van der Waals surface area contributed by atoms with Gasteiger partial charge in [0.2, 0.25) is 0 Å². The van der Waals surface area contributed by atoms with Gasteiger partial charge in [-0.25, -0.2) is 9.97 Å². The summed E-state index contributed by atoms with van der Waals surface area (Å²) >= 11 is 13.8. The summed E-state index contributed by atoms with van der Waals surface area (Å²) in [5.74, 6) is 0.750. The SMILES string of the molecule is CCc1nc(Cl)c(C)c(Sc2ccccc2Cl)n1. The predicted octanol–water partition coefficient (Wildman–Crippen LogP) is 4.81. The van der Waals surface area contributed by atoms with Crippen LogP contribution in [-0.4, -0.2) is 9.97 Å². The molecule has 1 heterocycles. The smallest absolute Gasteiger partial charge is 0.136 e. The van der Waals surface area contributed by atoms with Crippen molar-refractivity contribution in [1.82, 2.24) is 9.97 Å². The van der Waals surface area contributed by atoms with Gasteiger partial charge in [0.1, 0.15) is 16.0 Å². The van der Waals surface area contributed by atoms with Gasteiger partial charge in [-0.3, -0.25) is 0 Å². The third-order valence-electron chi connectivity index (χ3n) is 2.45. The van der Waals surface area contributed by atoms with Crippen LogP contribution in [0.25, 0.3) is 0 Å². The first-order chi connectivity index (χ1) is 8.61. The van der Waals surface area contributed by atoms with Crippen LogP contribution in [0.1, 0.15) is 18.3 Å². The lowest BCUT2D eigenvalue weighted by Gasteiger charge is -2.08. The van der Waals surface area contributed by atoms with Crippen molar-refractivity contribution in [3.05, 3.63) is 45.8 Å². The maximum atomic E-state index is 6.14. The van der Waals surface area contributed by atoms with Crippen molar-refractivity contribution in [2.75, 3.05) is 0 Å². The van der Waals surface area contributed by atoms with Crippen molar-refractivity contribution in [2.45, 2.75) is 30.2 Å². The molecule has 2 rings (SSSR count). The molecule has 94 valence electrons. The predicted molar refractivity (Wildman–Crippen MR) is 76.7 cm³/mol. The van der Waals surface area contributed by atoms with Crippen LogP contribution in [0.15, 0.2) is 34.2 Å². The number of nitrogens with zero attached hydrogens (tertiary/aromatic N) is 2.